The van der Waals surface area contributed by atoms with Gasteiger partial charge >= 0.3 is 0 Å². The van der Waals surface area contributed by atoms with E-state index < -0.39 is 6.10 Å². The third-order valence-electron chi connectivity index (χ3n) is 2.04. The number of aromatic amines is 1. The normalized spacial score (nSPS) is 13.2. The summed E-state index contributed by atoms with van der Waals surface area (Å²) in [7, 11) is 0. The second-order valence-electron chi connectivity index (χ2n) is 3.14. The van der Waals surface area contributed by atoms with Crippen LogP contribution in [-0.2, 0) is 6.54 Å². The number of aromatic nitrogens is 4. The summed E-state index contributed by atoms with van der Waals surface area (Å²) in [6.45, 7) is -0.0201. The first-order valence-electron chi connectivity index (χ1n) is 4.40. The Morgan fingerprint density at radius 2 is 2.33 bits per heavy atom. The third-order valence-corrected chi connectivity index (χ3v) is 2.34. The summed E-state index contributed by atoms with van der Waals surface area (Å²) in [5.74, 6) is 0. The van der Waals surface area contributed by atoms with Crippen molar-refractivity contribution >= 4 is 23.4 Å². The molecule has 80 valence electrons. The van der Waals surface area contributed by atoms with E-state index in [1.807, 2.05) is 0 Å². The molecule has 0 bridgehead atoms. The molecule has 0 fully saturated rings. The SMILES string of the molecule is OCC(O)Cn1cnc2c(=S)nc[nH]c21. The average molecular weight is 226 g/mol. The fraction of sp³-hybridized carbons (Fsp3) is 0.375. The molecule has 0 radical (unpaired) electrons. The lowest BCUT2D eigenvalue weighted by Gasteiger charge is -2.08. The highest BCUT2D eigenvalue weighted by Gasteiger charge is 2.08. The van der Waals surface area contributed by atoms with E-state index in [0.29, 0.717) is 15.8 Å². The van der Waals surface area contributed by atoms with Crippen LogP contribution < -0.4 is 0 Å². The van der Waals surface area contributed by atoms with Crippen LogP contribution in [0.2, 0.25) is 0 Å². The number of hydrogen-bond donors (Lipinski definition) is 3. The van der Waals surface area contributed by atoms with Gasteiger partial charge in [-0.2, -0.15) is 0 Å². The maximum absolute atomic E-state index is 9.30. The number of fused-ring (bicyclic) bond motifs is 1. The van der Waals surface area contributed by atoms with Gasteiger partial charge < -0.3 is 19.8 Å². The minimum Gasteiger partial charge on any atom is -0.394 e. The molecular weight excluding hydrogens is 216 g/mol. The standard InChI is InChI=1S/C8H10N4O2S/c13-2-5(14)1-12-4-11-6-7(12)9-3-10-8(6)15/h3-5,13-14H,1-2H2,(H,9,10,15). The van der Waals surface area contributed by atoms with Crippen LogP contribution in [0.4, 0.5) is 0 Å². The summed E-state index contributed by atoms with van der Waals surface area (Å²) in [5, 5.41) is 18.0. The van der Waals surface area contributed by atoms with Gasteiger partial charge in [-0.05, 0) is 0 Å². The number of nitrogens with zero attached hydrogens (tertiary/aromatic N) is 3. The van der Waals surface area contributed by atoms with Gasteiger partial charge in [-0.1, -0.05) is 12.2 Å². The summed E-state index contributed by atoms with van der Waals surface area (Å²) in [6, 6.07) is 0. The highest BCUT2D eigenvalue weighted by molar-refractivity contribution is 7.71. The lowest BCUT2D eigenvalue weighted by Crippen LogP contribution is -2.19. The maximum Gasteiger partial charge on any atom is 0.157 e. The molecule has 1 unspecified atom stereocenters. The second-order valence-corrected chi connectivity index (χ2v) is 3.52. The van der Waals surface area contributed by atoms with Crippen molar-refractivity contribution in [1.82, 2.24) is 19.5 Å². The topological polar surface area (TPSA) is 87.0 Å². The van der Waals surface area contributed by atoms with E-state index in [9.17, 15) is 5.11 Å². The van der Waals surface area contributed by atoms with Crippen molar-refractivity contribution < 1.29 is 10.2 Å². The van der Waals surface area contributed by atoms with Crippen LogP contribution in [0.25, 0.3) is 11.2 Å². The van der Waals surface area contributed by atoms with Crippen LogP contribution in [0.5, 0.6) is 0 Å². The Morgan fingerprint density at radius 3 is 3.07 bits per heavy atom. The zero-order chi connectivity index (χ0) is 10.8. The molecule has 0 aliphatic rings. The molecule has 2 aromatic heterocycles. The maximum atomic E-state index is 9.30. The van der Waals surface area contributed by atoms with E-state index >= 15 is 0 Å². The van der Waals surface area contributed by atoms with Crippen molar-refractivity contribution in [3.05, 3.63) is 17.3 Å². The molecule has 0 saturated carbocycles. The summed E-state index contributed by atoms with van der Waals surface area (Å²) < 4.78 is 2.11. The van der Waals surface area contributed by atoms with E-state index in [2.05, 4.69) is 15.0 Å². The monoisotopic (exact) mass is 226 g/mol. The lowest BCUT2D eigenvalue weighted by molar-refractivity contribution is 0.0820. The fourth-order valence-electron chi connectivity index (χ4n) is 1.33. The van der Waals surface area contributed by atoms with Crippen LogP contribution in [0.1, 0.15) is 0 Å². The Bertz CT molecular complexity index is 521. The van der Waals surface area contributed by atoms with Crippen LogP contribution in [-0.4, -0.2) is 42.4 Å². The molecule has 0 aromatic carbocycles. The number of rotatable bonds is 3. The van der Waals surface area contributed by atoms with Crippen molar-refractivity contribution in [2.75, 3.05) is 6.61 Å². The molecule has 15 heavy (non-hydrogen) atoms. The summed E-state index contributed by atoms with van der Waals surface area (Å²) >= 11 is 4.99. The van der Waals surface area contributed by atoms with Gasteiger partial charge in [0.2, 0.25) is 0 Å². The first-order valence-corrected chi connectivity index (χ1v) is 4.80. The van der Waals surface area contributed by atoms with E-state index in [1.54, 1.807) is 10.9 Å². The molecule has 0 aliphatic heterocycles. The summed E-state index contributed by atoms with van der Waals surface area (Å²) in [4.78, 5) is 10.9. The van der Waals surface area contributed by atoms with Gasteiger partial charge in [0.05, 0.1) is 31.9 Å². The van der Waals surface area contributed by atoms with Crippen LogP contribution in [0.3, 0.4) is 0 Å². The molecule has 1 atom stereocenters. The van der Waals surface area contributed by atoms with Crippen molar-refractivity contribution in [3.63, 3.8) is 0 Å². The molecule has 0 spiro atoms. The van der Waals surface area contributed by atoms with Crippen molar-refractivity contribution in [1.29, 1.82) is 0 Å². The highest BCUT2D eigenvalue weighted by Crippen LogP contribution is 2.09. The predicted molar refractivity (Wildman–Crippen MR) is 55.8 cm³/mol. The molecule has 2 heterocycles. The molecule has 3 N–H and O–H groups in total. The zero-order valence-electron chi connectivity index (χ0n) is 7.79. The molecular formula is C8H10N4O2S. The summed E-state index contributed by atoms with van der Waals surface area (Å²) in [5.41, 5.74) is 1.29. The molecule has 0 saturated heterocycles. The quantitative estimate of drug-likeness (QED) is 0.633. The van der Waals surface area contributed by atoms with E-state index in [4.69, 9.17) is 17.3 Å². The van der Waals surface area contributed by atoms with Gasteiger partial charge in [0.1, 0.15) is 11.2 Å². The predicted octanol–water partition coefficient (Wildman–Crippen LogP) is -0.158. The van der Waals surface area contributed by atoms with Gasteiger partial charge in [-0.3, -0.25) is 0 Å². The smallest absolute Gasteiger partial charge is 0.157 e. The van der Waals surface area contributed by atoms with Gasteiger partial charge in [0, 0.05) is 0 Å². The Hall–Kier alpha value is -1.31. The zero-order valence-corrected chi connectivity index (χ0v) is 8.61. The van der Waals surface area contributed by atoms with Crippen molar-refractivity contribution in [2.45, 2.75) is 12.6 Å². The van der Waals surface area contributed by atoms with Crippen molar-refractivity contribution in [3.8, 4) is 0 Å². The average Bonchev–Trinajstić information content (AvgIpc) is 2.63. The minimum atomic E-state index is -0.808. The molecule has 6 nitrogen and oxygen atoms in total. The van der Waals surface area contributed by atoms with Gasteiger partial charge in [-0.15, -0.1) is 0 Å². The number of imidazole rings is 1. The Labute approximate surface area is 90.2 Å². The van der Waals surface area contributed by atoms with Gasteiger partial charge in [-0.25, -0.2) is 9.97 Å². The van der Waals surface area contributed by atoms with E-state index in [-0.39, 0.29) is 13.2 Å². The number of nitrogens with one attached hydrogen (secondary N) is 1. The lowest BCUT2D eigenvalue weighted by atomic mass is 10.4. The molecule has 2 aromatic rings. The first kappa shape index (κ1) is 10.2. The summed E-state index contributed by atoms with van der Waals surface area (Å²) in [6.07, 6.45) is 2.23. The first-order chi connectivity index (χ1) is 7.22. The van der Waals surface area contributed by atoms with Crippen LogP contribution in [0, 0.1) is 4.64 Å². The van der Waals surface area contributed by atoms with Crippen molar-refractivity contribution in [2.24, 2.45) is 0 Å². The largest absolute Gasteiger partial charge is 0.394 e. The van der Waals surface area contributed by atoms with Gasteiger partial charge in [0.15, 0.2) is 4.64 Å². The van der Waals surface area contributed by atoms with E-state index in [0.717, 1.165) is 0 Å². The Balaban J connectivity index is 2.45. The van der Waals surface area contributed by atoms with Crippen LogP contribution in [0.15, 0.2) is 12.7 Å². The second kappa shape index (κ2) is 4.05. The number of hydrogen-bond acceptors (Lipinski definition) is 5. The molecule has 0 amide bonds. The van der Waals surface area contributed by atoms with Crippen LogP contribution >= 0.6 is 12.2 Å². The Morgan fingerprint density at radius 1 is 1.53 bits per heavy atom. The number of aliphatic hydroxyl groups excluding tert-OH is 2. The third kappa shape index (κ3) is 1.89. The number of H-pyrrole nitrogens is 1. The van der Waals surface area contributed by atoms with Gasteiger partial charge in [0.25, 0.3) is 0 Å². The molecule has 2 rings (SSSR count). The van der Waals surface area contributed by atoms with E-state index in [1.165, 1.54) is 6.33 Å². The number of aliphatic hydroxyl groups is 2. The molecule has 0 aliphatic carbocycles. The fourth-order valence-corrected chi connectivity index (χ4v) is 1.53. The minimum absolute atomic E-state index is 0.266. The highest BCUT2D eigenvalue weighted by atomic mass is 32.1. The Kier molecular flexibility index (Phi) is 2.76. The molecule has 7 heteroatoms.